The van der Waals surface area contributed by atoms with Crippen LogP contribution in [0, 0.1) is 0 Å². The number of carbonyl (C=O) groups is 1. The van der Waals surface area contributed by atoms with E-state index in [9.17, 15) is 13.2 Å². The number of nitrogen functional groups attached to an aromatic ring is 1. The molecule has 0 aliphatic carbocycles. The fraction of sp³-hybridized carbons (Fsp3) is 0.143. The predicted molar refractivity (Wildman–Crippen MR) is 53.0 cm³/mol. The monoisotopic (exact) mass is 230 g/mol. The van der Waals surface area contributed by atoms with Crippen molar-refractivity contribution in [2.24, 2.45) is 5.73 Å². The van der Waals surface area contributed by atoms with E-state index < -0.39 is 22.5 Å². The average Bonchev–Trinajstić information content (AvgIpc) is 2.16. The zero-order valence-electron chi connectivity index (χ0n) is 7.67. The highest BCUT2D eigenvalue weighted by molar-refractivity contribution is 7.89. The molecule has 0 aliphatic rings. The van der Waals surface area contributed by atoms with E-state index in [0.717, 1.165) is 6.20 Å². The second-order valence-electron chi connectivity index (χ2n) is 2.71. The summed E-state index contributed by atoms with van der Waals surface area (Å²) < 4.78 is 24.9. The van der Waals surface area contributed by atoms with Crippen LogP contribution in [0.2, 0.25) is 0 Å². The van der Waals surface area contributed by atoms with Gasteiger partial charge < -0.3 is 11.5 Å². The first kappa shape index (κ1) is 11.4. The van der Waals surface area contributed by atoms with E-state index in [4.69, 9.17) is 11.5 Å². The Morgan fingerprint density at radius 3 is 2.60 bits per heavy atom. The number of pyridine rings is 1. The van der Waals surface area contributed by atoms with E-state index in [-0.39, 0.29) is 10.7 Å². The molecule has 1 rings (SSSR count). The second kappa shape index (κ2) is 4.24. The SMILES string of the molecule is NC(=O)CNS(=O)(=O)c1ccc(N)nc1. The number of primary amides is 1. The van der Waals surface area contributed by atoms with Crippen molar-refractivity contribution in [1.82, 2.24) is 9.71 Å². The molecule has 0 saturated carbocycles. The van der Waals surface area contributed by atoms with Crippen LogP contribution in [0.1, 0.15) is 0 Å². The van der Waals surface area contributed by atoms with Crippen LogP contribution in [0.25, 0.3) is 0 Å². The maximum atomic E-state index is 11.4. The zero-order chi connectivity index (χ0) is 11.5. The molecule has 0 unspecified atom stereocenters. The van der Waals surface area contributed by atoms with Crippen molar-refractivity contribution in [3.8, 4) is 0 Å². The molecular formula is C7H10N4O3S. The minimum Gasteiger partial charge on any atom is -0.384 e. The van der Waals surface area contributed by atoms with Crippen LogP contribution in [0.3, 0.4) is 0 Å². The molecule has 7 nitrogen and oxygen atoms in total. The van der Waals surface area contributed by atoms with Crippen molar-refractivity contribution < 1.29 is 13.2 Å². The Morgan fingerprint density at radius 1 is 1.47 bits per heavy atom. The highest BCUT2D eigenvalue weighted by atomic mass is 32.2. The van der Waals surface area contributed by atoms with Crippen LogP contribution in [-0.4, -0.2) is 25.9 Å². The number of nitrogens with two attached hydrogens (primary N) is 2. The highest BCUT2D eigenvalue weighted by Crippen LogP contribution is 2.07. The first-order chi connectivity index (χ1) is 6.92. The lowest BCUT2D eigenvalue weighted by Gasteiger charge is -2.04. The Hall–Kier alpha value is -1.67. The average molecular weight is 230 g/mol. The lowest BCUT2D eigenvalue weighted by molar-refractivity contribution is -0.116. The van der Waals surface area contributed by atoms with Crippen LogP contribution < -0.4 is 16.2 Å². The number of anilines is 1. The maximum absolute atomic E-state index is 11.4. The minimum atomic E-state index is -3.74. The van der Waals surface area contributed by atoms with Crippen LogP contribution in [0.15, 0.2) is 23.2 Å². The summed E-state index contributed by atoms with van der Waals surface area (Å²) in [5, 5.41) is 0. The van der Waals surface area contributed by atoms with Gasteiger partial charge in [-0.05, 0) is 12.1 Å². The van der Waals surface area contributed by atoms with Gasteiger partial charge in [-0.3, -0.25) is 4.79 Å². The molecule has 0 aliphatic heterocycles. The molecule has 1 heterocycles. The predicted octanol–water partition coefficient (Wildman–Crippen LogP) is -1.57. The molecule has 15 heavy (non-hydrogen) atoms. The number of hydrogen-bond acceptors (Lipinski definition) is 5. The third kappa shape index (κ3) is 3.18. The zero-order valence-corrected chi connectivity index (χ0v) is 8.49. The molecule has 0 saturated heterocycles. The summed E-state index contributed by atoms with van der Waals surface area (Å²) in [4.78, 5) is 13.9. The molecule has 0 bridgehead atoms. The standard InChI is InChI=1S/C7H10N4O3S/c8-6-2-1-5(3-10-6)15(13,14)11-4-7(9)12/h1-3,11H,4H2,(H2,8,10)(H2,9,12). The van der Waals surface area contributed by atoms with Crippen molar-refractivity contribution >= 4 is 21.7 Å². The number of nitrogens with one attached hydrogen (secondary N) is 1. The van der Waals surface area contributed by atoms with Crippen LogP contribution in [0.5, 0.6) is 0 Å². The Morgan fingerprint density at radius 2 is 2.13 bits per heavy atom. The lowest BCUT2D eigenvalue weighted by atomic mass is 10.5. The van der Waals surface area contributed by atoms with Gasteiger partial charge in [0, 0.05) is 6.20 Å². The van der Waals surface area contributed by atoms with Gasteiger partial charge in [0.05, 0.1) is 6.54 Å². The van der Waals surface area contributed by atoms with Crippen molar-refractivity contribution in [1.29, 1.82) is 0 Å². The number of rotatable bonds is 4. The maximum Gasteiger partial charge on any atom is 0.242 e. The first-order valence-corrected chi connectivity index (χ1v) is 5.39. The molecule has 1 aromatic heterocycles. The van der Waals surface area contributed by atoms with Crippen molar-refractivity contribution in [3.05, 3.63) is 18.3 Å². The molecule has 0 aromatic carbocycles. The van der Waals surface area contributed by atoms with Gasteiger partial charge in [0.2, 0.25) is 15.9 Å². The van der Waals surface area contributed by atoms with E-state index in [1.54, 1.807) is 0 Å². The Kier molecular flexibility index (Phi) is 3.22. The van der Waals surface area contributed by atoms with Crippen LogP contribution in [0.4, 0.5) is 5.82 Å². The van der Waals surface area contributed by atoms with Crippen molar-refractivity contribution in [3.63, 3.8) is 0 Å². The number of sulfonamides is 1. The van der Waals surface area contributed by atoms with Crippen molar-refractivity contribution in [2.75, 3.05) is 12.3 Å². The molecule has 82 valence electrons. The highest BCUT2D eigenvalue weighted by Gasteiger charge is 2.14. The molecule has 5 N–H and O–H groups in total. The number of amides is 1. The smallest absolute Gasteiger partial charge is 0.242 e. The molecule has 0 atom stereocenters. The van der Waals surface area contributed by atoms with Crippen LogP contribution in [-0.2, 0) is 14.8 Å². The quantitative estimate of drug-likeness (QED) is 0.575. The van der Waals surface area contributed by atoms with Gasteiger partial charge in [0.15, 0.2) is 0 Å². The van der Waals surface area contributed by atoms with Crippen LogP contribution >= 0.6 is 0 Å². The third-order valence-corrected chi connectivity index (χ3v) is 2.89. The Labute approximate surface area is 86.5 Å². The summed E-state index contributed by atoms with van der Waals surface area (Å²) in [6.07, 6.45) is 1.10. The fourth-order valence-electron chi connectivity index (χ4n) is 0.800. The Balaban J connectivity index is 2.87. The largest absolute Gasteiger partial charge is 0.384 e. The molecule has 0 spiro atoms. The summed E-state index contributed by atoms with van der Waals surface area (Å²) in [6.45, 7) is -0.452. The minimum absolute atomic E-state index is 0.0713. The first-order valence-electron chi connectivity index (χ1n) is 3.91. The number of nitrogens with zero attached hydrogens (tertiary/aromatic N) is 1. The van der Waals surface area contributed by atoms with E-state index in [1.807, 2.05) is 4.72 Å². The normalized spacial score (nSPS) is 11.2. The van der Waals surface area contributed by atoms with E-state index in [0.29, 0.717) is 0 Å². The number of hydrogen-bond donors (Lipinski definition) is 3. The number of aromatic nitrogens is 1. The van der Waals surface area contributed by atoms with Gasteiger partial charge in [-0.25, -0.2) is 18.1 Å². The summed E-state index contributed by atoms with van der Waals surface area (Å²) in [7, 11) is -3.74. The van der Waals surface area contributed by atoms with Gasteiger partial charge in [-0.1, -0.05) is 0 Å². The van der Waals surface area contributed by atoms with Gasteiger partial charge in [-0.15, -0.1) is 0 Å². The topological polar surface area (TPSA) is 128 Å². The third-order valence-electron chi connectivity index (χ3n) is 1.51. The molecule has 1 aromatic rings. The lowest BCUT2D eigenvalue weighted by Crippen LogP contribution is -2.33. The van der Waals surface area contributed by atoms with E-state index >= 15 is 0 Å². The Bertz CT molecular complexity index is 454. The summed E-state index contributed by atoms with van der Waals surface area (Å²) >= 11 is 0. The van der Waals surface area contributed by atoms with Gasteiger partial charge in [-0.2, -0.15) is 0 Å². The molecule has 8 heteroatoms. The summed E-state index contributed by atoms with van der Waals surface area (Å²) in [6, 6.07) is 2.63. The number of carbonyl (C=O) groups excluding carboxylic acids is 1. The summed E-state index contributed by atoms with van der Waals surface area (Å²) in [5.41, 5.74) is 10.1. The second-order valence-corrected chi connectivity index (χ2v) is 4.48. The van der Waals surface area contributed by atoms with Gasteiger partial charge >= 0.3 is 0 Å². The molecule has 0 fully saturated rings. The molecular weight excluding hydrogens is 220 g/mol. The van der Waals surface area contributed by atoms with Crippen molar-refractivity contribution in [2.45, 2.75) is 4.90 Å². The molecule has 0 radical (unpaired) electrons. The summed E-state index contributed by atoms with van der Waals surface area (Å²) in [5.74, 6) is -0.550. The van der Waals surface area contributed by atoms with Gasteiger partial charge in [0.25, 0.3) is 0 Å². The van der Waals surface area contributed by atoms with E-state index in [2.05, 4.69) is 4.98 Å². The van der Waals surface area contributed by atoms with Gasteiger partial charge in [0.1, 0.15) is 10.7 Å². The fourth-order valence-corrected chi connectivity index (χ4v) is 1.74. The molecule has 1 amide bonds. The van der Waals surface area contributed by atoms with E-state index in [1.165, 1.54) is 12.1 Å².